The van der Waals surface area contributed by atoms with Crippen molar-refractivity contribution in [3.8, 4) is 0 Å². The molecule has 36 heavy (non-hydrogen) atoms. The number of amides is 2. The highest BCUT2D eigenvalue weighted by Crippen LogP contribution is 2.48. The molecule has 1 aromatic heterocycles. The van der Waals surface area contributed by atoms with E-state index < -0.39 is 5.54 Å². The average molecular weight is 502 g/mol. The van der Waals surface area contributed by atoms with Crippen LogP contribution in [0.5, 0.6) is 0 Å². The Bertz CT molecular complexity index is 1480. The molecule has 2 amide bonds. The third-order valence-electron chi connectivity index (χ3n) is 7.67. The molecule has 2 atom stereocenters. The summed E-state index contributed by atoms with van der Waals surface area (Å²) < 4.78 is 13.3. The summed E-state index contributed by atoms with van der Waals surface area (Å²) in [6.45, 7) is 2.67. The molecule has 1 saturated heterocycles. The first kappa shape index (κ1) is 22.8. The lowest BCUT2D eigenvalue weighted by Gasteiger charge is -2.51. The highest BCUT2D eigenvalue weighted by molar-refractivity contribution is 6.30. The average Bonchev–Trinajstić information content (AvgIpc) is 3.28. The molecule has 182 valence electrons. The summed E-state index contributed by atoms with van der Waals surface area (Å²) in [6, 6.07) is 22.0. The minimum absolute atomic E-state index is 0.0263. The Balaban J connectivity index is 1.43. The molecule has 1 unspecified atom stereocenters. The van der Waals surface area contributed by atoms with E-state index in [1.807, 2.05) is 49.4 Å². The zero-order valence-corrected chi connectivity index (χ0v) is 20.6. The van der Waals surface area contributed by atoms with E-state index in [-0.39, 0.29) is 30.1 Å². The third kappa shape index (κ3) is 3.51. The molecule has 0 saturated carbocycles. The number of nitrogens with zero attached hydrogens (tertiary/aromatic N) is 2. The number of carbonyl (C=O) groups excluding carboxylic acids is 2. The van der Waals surface area contributed by atoms with Gasteiger partial charge in [-0.1, -0.05) is 54.1 Å². The number of carbonyl (C=O) groups is 2. The van der Waals surface area contributed by atoms with Gasteiger partial charge in [0, 0.05) is 34.9 Å². The lowest BCUT2D eigenvalue weighted by atomic mass is 9.76. The Hall–Kier alpha value is -3.64. The predicted molar refractivity (Wildman–Crippen MR) is 137 cm³/mol. The van der Waals surface area contributed by atoms with Gasteiger partial charge in [-0.25, -0.2) is 4.39 Å². The number of fused-ring (bicyclic) bond motifs is 5. The van der Waals surface area contributed by atoms with Crippen LogP contribution in [0, 0.1) is 5.82 Å². The van der Waals surface area contributed by atoms with Crippen LogP contribution in [0.25, 0.3) is 10.9 Å². The van der Waals surface area contributed by atoms with Gasteiger partial charge in [0.05, 0.1) is 12.2 Å². The van der Waals surface area contributed by atoms with Crippen LogP contribution in [-0.2, 0) is 21.5 Å². The van der Waals surface area contributed by atoms with Crippen LogP contribution >= 0.6 is 11.6 Å². The van der Waals surface area contributed by atoms with Gasteiger partial charge < -0.3 is 14.8 Å². The Morgan fingerprint density at radius 3 is 2.50 bits per heavy atom. The zero-order chi connectivity index (χ0) is 25.0. The minimum atomic E-state index is -1.14. The molecular formula is C29H25ClFN3O2. The number of H-pyrrole nitrogens is 1. The third-order valence-corrected chi connectivity index (χ3v) is 7.93. The van der Waals surface area contributed by atoms with E-state index in [1.165, 1.54) is 12.1 Å². The number of aromatic nitrogens is 1. The molecule has 5 nitrogen and oxygen atoms in total. The SMILES string of the molecule is C[C@]12C(=O)N(CCc3ccc(F)cc3)CC(=O)N1CC(c1ccc(Cl)cc1)c1c2[nH]c2ccccc12. The van der Waals surface area contributed by atoms with Crippen molar-refractivity contribution in [2.75, 3.05) is 19.6 Å². The standard InChI is InChI=1S/C29H25ClFN3O2/c1-29-27-26(22-4-2-3-5-24(22)32-27)23(19-8-10-20(30)11-9-19)16-34(29)25(35)17-33(28(29)36)15-14-18-6-12-21(31)13-7-18/h2-13,23,32H,14-17H2,1H3/t23?,29-/m0/s1. The van der Waals surface area contributed by atoms with Crippen molar-refractivity contribution in [2.24, 2.45) is 0 Å². The smallest absolute Gasteiger partial charge is 0.254 e. The lowest BCUT2D eigenvalue weighted by Crippen LogP contribution is -2.67. The van der Waals surface area contributed by atoms with Crippen LogP contribution < -0.4 is 0 Å². The van der Waals surface area contributed by atoms with E-state index in [9.17, 15) is 14.0 Å². The van der Waals surface area contributed by atoms with E-state index >= 15 is 0 Å². The van der Waals surface area contributed by atoms with Gasteiger partial charge in [-0.15, -0.1) is 0 Å². The summed E-state index contributed by atoms with van der Waals surface area (Å²) in [5.41, 5.74) is 3.57. The van der Waals surface area contributed by atoms with Crippen LogP contribution in [-0.4, -0.2) is 46.2 Å². The molecule has 2 aliphatic rings. The molecule has 3 aromatic carbocycles. The van der Waals surface area contributed by atoms with E-state index in [0.29, 0.717) is 24.5 Å². The van der Waals surface area contributed by atoms with E-state index in [0.717, 1.165) is 33.3 Å². The first-order valence-electron chi connectivity index (χ1n) is 12.1. The molecule has 3 heterocycles. The van der Waals surface area contributed by atoms with E-state index in [2.05, 4.69) is 11.1 Å². The summed E-state index contributed by atoms with van der Waals surface area (Å²) in [6.07, 6.45) is 0.544. The number of hydrogen-bond acceptors (Lipinski definition) is 2. The fourth-order valence-corrected chi connectivity index (χ4v) is 5.89. The number of aromatic amines is 1. The number of para-hydroxylation sites is 1. The molecule has 0 spiro atoms. The Labute approximate surface area is 213 Å². The summed E-state index contributed by atoms with van der Waals surface area (Å²) in [5.74, 6) is -0.579. The Morgan fingerprint density at radius 2 is 1.75 bits per heavy atom. The number of piperazine rings is 1. The van der Waals surface area contributed by atoms with Crippen LogP contribution in [0.1, 0.15) is 35.2 Å². The van der Waals surface area contributed by atoms with Crippen LogP contribution in [0.3, 0.4) is 0 Å². The Kier molecular flexibility index (Phi) is 5.38. The molecule has 0 radical (unpaired) electrons. The van der Waals surface area contributed by atoms with Gasteiger partial charge in [-0.2, -0.15) is 0 Å². The molecule has 7 heteroatoms. The molecule has 0 bridgehead atoms. The van der Waals surface area contributed by atoms with Crippen molar-refractivity contribution < 1.29 is 14.0 Å². The second-order valence-corrected chi connectivity index (χ2v) is 10.2. The number of hydrogen-bond donors (Lipinski definition) is 1. The fourth-order valence-electron chi connectivity index (χ4n) is 5.77. The van der Waals surface area contributed by atoms with Gasteiger partial charge in [-0.05, 0) is 60.4 Å². The van der Waals surface area contributed by atoms with E-state index in [4.69, 9.17) is 11.6 Å². The first-order valence-corrected chi connectivity index (χ1v) is 12.4. The summed E-state index contributed by atoms with van der Waals surface area (Å²) in [4.78, 5) is 34.5. The fraction of sp³-hybridized carbons (Fsp3) is 0.241. The van der Waals surface area contributed by atoms with Crippen molar-refractivity contribution in [1.29, 1.82) is 0 Å². The first-order chi connectivity index (χ1) is 17.4. The zero-order valence-electron chi connectivity index (χ0n) is 19.8. The lowest BCUT2D eigenvalue weighted by molar-refractivity contribution is -0.166. The number of halogens is 2. The van der Waals surface area contributed by atoms with Crippen molar-refractivity contribution in [3.05, 3.63) is 106 Å². The highest BCUT2D eigenvalue weighted by Gasteiger charge is 2.56. The van der Waals surface area contributed by atoms with Crippen molar-refractivity contribution >= 4 is 34.3 Å². The largest absolute Gasteiger partial charge is 0.356 e. The summed E-state index contributed by atoms with van der Waals surface area (Å²) >= 11 is 6.16. The van der Waals surface area contributed by atoms with Crippen LogP contribution in [0.4, 0.5) is 4.39 Å². The van der Waals surface area contributed by atoms with Crippen molar-refractivity contribution in [3.63, 3.8) is 0 Å². The number of rotatable bonds is 4. The predicted octanol–water partition coefficient (Wildman–Crippen LogP) is 5.23. The van der Waals surface area contributed by atoms with Gasteiger partial charge in [0.2, 0.25) is 5.91 Å². The summed E-state index contributed by atoms with van der Waals surface area (Å²) in [7, 11) is 0. The normalized spacial score (nSPS) is 21.6. The molecule has 4 aromatic rings. The summed E-state index contributed by atoms with van der Waals surface area (Å²) in [5, 5.41) is 1.71. The second-order valence-electron chi connectivity index (χ2n) is 9.74. The maximum Gasteiger partial charge on any atom is 0.254 e. The quantitative estimate of drug-likeness (QED) is 0.416. The topological polar surface area (TPSA) is 56.4 Å². The van der Waals surface area contributed by atoms with Crippen LogP contribution in [0.2, 0.25) is 5.02 Å². The molecule has 1 N–H and O–H groups in total. The molecule has 6 rings (SSSR count). The monoisotopic (exact) mass is 501 g/mol. The van der Waals surface area contributed by atoms with Crippen molar-refractivity contribution in [1.82, 2.24) is 14.8 Å². The van der Waals surface area contributed by atoms with Gasteiger partial charge in [0.15, 0.2) is 5.54 Å². The highest BCUT2D eigenvalue weighted by atomic mass is 35.5. The minimum Gasteiger partial charge on any atom is -0.356 e. The Morgan fingerprint density at radius 1 is 1.03 bits per heavy atom. The maximum atomic E-state index is 14.1. The second kappa shape index (κ2) is 8.49. The van der Waals surface area contributed by atoms with Crippen LogP contribution in [0.15, 0.2) is 72.8 Å². The van der Waals surface area contributed by atoms with Gasteiger partial charge in [0.1, 0.15) is 5.82 Å². The number of nitrogens with one attached hydrogen (secondary N) is 1. The maximum absolute atomic E-state index is 14.1. The number of benzene rings is 3. The molecule has 0 aliphatic carbocycles. The van der Waals surface area contributed by atoms with Gasteiger partial charge >= 0.3 is 0 Å². The molecule has 1 fully saturated rings. The van der Waals surface area contributed by atoms with E-state index in [1.54, 1.807) is 21.9 Å². The van der Waals surface area contributed by atoms with Gasteiger partial charge in [-0.3, -0.25) is 9.59 Å². The van der Waals surface area contributed by atoms with Crippen molar-refractivity contribution in [2.45, 2.75) is 24.8 Å². The van der Waals surface area contributed by atoms with Gasteiger partial charge in [0.25, 0.3) is 5.91 Å². The molecular weight excluding hydrogens is 477 g/mol. The molecule has 2 aliphatic heterocycles.